The molecule has 1 saturated heterocycles. The molecule has 4 nitrogen and oxygen atoms in total. The Kier molecular flexibility index (Phi) is 4.76. The number of likely N-dealkylation sites (tertiary alicyclic amines) is 1. The Morgan fingerprint density at radius 3 is 2.64 bits per heavy atom. The van der Waals surface area contributed by atoms with Crippen LogP contribution >= 0.6 is 0 Å². The molecule has 1 aliphatic heterocycles. The summed E-state index contributed by atoms with van der Waals surface area (Å²) in [7, 11) is 1.94. The van der Waals surface area contributed by atoms with Gasteiger partial charge in [0, 0.05) is 18.9 Å². The second kappa shape index (κ2) is 6.84. The maximum Gasteiger partial charge on any atom is 0.418 e. The van der Waals surface area contributed by atoms with Crippen LogP contribution in [0.5, 0.6) is 0 Å². The van der Waals surface area contributed by atoms with E-state index in [1.807, 2.05) is 37.4 Å². The Morgan fingerprint density at radius 2 is 1.96 bits per heavy atom. The van der Waals surface area contributed by atoms with Gasteiger partial charge in [-0.15, -0.1) is 0 Å². The molecule has 132 valence electrons. The number of hydrogen-bond acceptors (Lipinski definition) is 3. The molecular weight excluding hydrogens is 331 g/mol. The average Bonchev–Trinajstić information content (AvgIpc) is 2.95. The Balaban J connectivity index is 1.84. The minimum Gasteiger partial charge on any atom is -0.347 e. The van der Waals surface area contributed by atoms with Crippen LogP contribution in [0.4, 0.5) is 13.2 Å². The summed E-state index contributed by atoms with van der Waals surface area (Å²) >= 11 is 0. The van der Waals surface area contributed by atoms with Crippen molar-refractivity contribution in [3.63, 3.8) is 0 Å². The molecule has 0 spiro atoms. The number of aromatic nitrogens is 1. The number of halogens is 3. The molecule has 0 bridgehead atoms. The number of carbonyl (C=O) groups is 1. The van der Waals surface area contributed by atoms with Gasteiger partial charge < -0.3 is 5.32 Å². The number of rotatable bonds is 3. The summed E-state index contributed by atoms with van der Waals surface area (Å²) in [5.74, 6) is -0.726. The minimum absolute atomic E-state index is 0.0682. The SMILES string of the molecule is CN1CC[C@H](NC(=O)c2ccncc2C(F)(F)F)[C@@H]1c1ccccc1. The lowest BCUT2D eigenvalue weighted by atomic mass is 9.99. The van der Waals surface area contributed by atoms with Gasteiger partial charge in [0.15, 0.2) is 0 Å². The van der Waals surface area contributed by atoms with Crippen LogP contribution in [-0.4, -0.2) is 35.4 Å². The van der Waals surface area contributed by atoms with Gasteiger partial charge in [-0.05, 0) is 25.1 Å². The molecule has 0 saturated carbocycles. The first-order chi connectivity index (χ1) is 11.9. The molecule has 1 amide bonds. The fourth-order valence-corrected chi connectivity index (χ4v) is 3.30. The van der Waals surface area contributed by atoms with E-state index in [9.17, 15) is 18.0 Å². The number of pyridine rings is 1. The van der Waals surface area contributed by atoms with Crippen molar-refractivity contribution in [3.8, 4) is 0 Å². The van der Waals surface area contributed by atoms with Crippen molar-refractivity contribution in [1.29, 1.82) is 0 Å². The van der Waals surface area contributed by atoms with Gasteiger partial charge in [-0.3, -0.25) is 14.7 Å². The van der Waals surface area contributed by atoms with Crippen molar-refractivity contribution in [3.05, 3.63) is 65.5 Å². The van der Waals surface area contributed by atoms with Gasteiger partial charge in [0.05, 0.1) is 23.2 Å². The maximum atomic E-state index is 13.1. The van der Waals surface area contributed by atoms with E-state index in [0.717, 1.165) is 18.2 Å². The number of alkyl halides is 3. The lowest BCUT2D eigenvalue weighted by Crippen LogP contribution is -2.39. The van der Waals surface area contributed by atoms with Crippen molar-refractivity contribution >= 4 is 5.91 Å². The minimum atomic E-state index is -4.62. The maximum absolute atomic E-state index is 13.1. The molecule has 1 aromatic heterocycles. The van der Waals surface area contributed by atoms with Crippen LogP contribution in [0.1, 0.15) is 33.9 Å². The monoisotopic (exact) mass is 349 g/mol. The zero-order valence-electron chi connectivity index (χ0n) is 13.6. The van der Waals surface area contributed by atoms with Crippen molar-refractivity contribution in [2.45, 2.75) is 24.7 Å². The van der Waals surface area contributed by atoms with Crippen LogP contribution in [0.15, 0.2) is 48.8 Å². The summed E-state index contributed by atoms with van der Waals surface area (Å²) in [4.78, 5) is 18.1. The quantitative estimate of drug-likeness (QED) is 0.925. The zero-order chi connectivity index (χ0) is 18.0. The highest BCUT2D eigenvalue weighted by molar-refractivity contribution is 5.96. The molecule has 0 aliphatic carbocycles. The summed E-state index contributed by atoms with van der Waals surface area (Å²) in [5, 5.41) is 2.78. The van der Waals surface area contributed by atoms with E-state index >= 15 is 0 Å². The van der Waals surface area contributed by atoms with Gasteiger partial charge in [-0.1, -0.05) is 30.3 Å². The molecule has 1 fully saturated rings. The number of nitrogens with one attached hydrogen (secondary N) is 1. The van der Waals surface area contributed by atoms with Crippen LogP contribution in [0.25, 0.3) is 0 Å². The molecular formula is C18H18F3N3O. The third kappa shape index (κ3) is 3.66. The van der Waals surface area contributed by atoms with Gasteiger partial charge in [0.2, 0.25) is 0 Å². The normalized spacial score (nSPS) is 21.3. The second-order valence-corrected chi connectivity index (χ2v) is 6.12. The number of amides is 1. The number of benzene rings is 1. The third-order valence-corrected chi connectivity index (χ3v) is 4.48. The standard InChI is InChI=1S/C18H18F3N3O/c1-24-10-8-15(16(24)12-5-3-2-4-6-12)23-17(25)13-7-9-22-11-14(13)18(19,20)21/h2-7,9,11,15-16H,8,10H2,1H3,(H,23,25)/t15-,16-/m0/s1. The number of carbonyl (C=O) groups excluding carboxylic acids is 1. The van der Waals surface area contributed by atoms with Gasteiger partial charge in [-0.25, -0.2) is 0 Å². The first-order valence-electron chi connectivity index (χ1n) is 7.95. The highest BCUT2D eigenvalue weighted by Crippen LogP contribution is 2.33. The Bertz CT molecular complexity index is 749. The Hall–Kier alpha value is -2.41. The summed E-state index contributed by atoms with van der Waals surface area (Å²) in [6.07, 6.45) is -2.07. The summed E-state index contributed by atoms with van der Waals surface area (Å²) in [5.41, 5.74) is -0.391. The third-order valence-electron chi connectivity index (χ3n) is 4.48. The number of hydrogen-bond donors (Lipinski definition) is 1. The van der Waals surface area contributed by atoms with Crippen LogP contribution in [0.3, 0.4) is 0 Å². The van der Waals surface area contributed by atoms with Crippen molar-refractivity contribution < 1.29 is 18.0 Å². The average molecular weight is 349 g/mol. The van der Waals surface area contributed by atoms with Gasteiger partial charge in [0.1, 0.15) is 0 Å². The molecule has 2 heterocycles. The molecule has 2 aromatic rings. The molecule has 2 atom stereocenters. The van der Waals surface area contributed by atoms with E-state index < -0.39 is 23.2 Å². The predicted octanol–water partition coefficient (Wildman–Crippen LogP) is 3.28. The van der Waals surface area contributed by atoms with Crippen molar-refractivity contribution in [2.24, 2.45) is 0 Å². The highest BCUT2D eigenvalue weighted by Gasteiger charge is 2.38. The molecule has 1 aliphatic rings. The van der Waals surface area contributed by atoms with E-state index in [-0.39, 0.29) is 12.1 Å². The topological polar surface area (TPSA) is 45.2 Å². The summed E-state index contributed by atoms with van der Waals surface area (Å²) < 4.78 is 39.3. The summed E-state index contributed by atoms with van der Waals surface area (Å²) in [6, 6.07) is 10.4. The molecule has 25 heavy (non-hydrogen) atoms. The summed E-state index contributed by atoms with van der Waals surface area (Å²) in [6.45, 7) is 0.757. The second-order valence-electron chi connectivity index (χ2n) is 6.12. The fourth-order valence-electron chi connectivity index (χ4n) is 3.30. The zero-order valence-corrected chi connectivity index (χ0v) is 13.6. The van der Waals surface area contributed by atoms with E-state index in [1.54, 1.807) is 0 Å². The van der Waals surface area contributed by atoms with E-state index in [1.165, 1.54) is 6.20 Å². The van der Waals surface area contributed by atoms with Gasteiger partial charge >= 0.3 is 6.18 Å². The Labute approximate surface area is 143 Å². The largest absolute Gasteiger partial charge is 0.418 e. The van der Waals surface area contributed by atoms with Crippen LogP contribution in [0, 0.1) is 0 Å². The van der Waals surface area contributed by atoms with E-state index in [4.69, 9.17) is 0 Å². The molecule has 7 heteroatoms. The lowest BCUT2D eigenvalue weighted by Gasteiger charge is -2.26. The van der Waals surface area contributed by atoms with Crippen LogP contribution < -0.4 is 5.32 Å². The van der Waals surface area contributed by atoms with Gasteiger partial charge in [0.25, 0.3) is 5.91 Å². The predicted molar refractivity (Wildman–Crippen MR) is 86.9 cm³/mol. The molecule has 0 unspecified atom stereocenters. The highest BCUT2D eigenvalue weighted by atomic mass is 19.4. The van der Waals surface area contributed by atoms with Crippen LogP contribution in [0.2, 0.25) is 0 Å². The molecule has 3 rings (SSSR count). The lowest BCUT2D eigenvalue weighted by molar-refractivity contribution is -0.138. The van der Waals surface area contributed by atoms with E-state index in [2.05, 4.69) is 15.2 Å². The number of nitrogens with zero attached hydrogens (tertiary/aromatic N) is 2. The molecule has 0 radical (unpaired) electrons. The first-order valence-corrected chi connectivity index (χ1v) is 7.95. The van der Waals surface area contributed by atoms with Crippen molar-refractivity contribution in [1.82, 2.24) is 15.2 Å². The van der Waals surface area contributed by atoms with Crippen molar-refractivity contribution in [2.75, 3.05) is 13.6 Å². The number of likely N-dealkylation sites (N-methyl/N-ethyl adjacent to an activating group) is 1. The van der Waals surface area contributed by atoms with Crippen LogP contribution in [-0.2, 0) is 6.18 Å². The van der Waals surface area contributed by atoms with Gasteiger partial charge in [-0.2, -0.15) is 13.2 Å². The fraction of sp³-hybridized carbons (Fsp3) is 0.333. The molecule has 1 aromatic carbocycles. The van der Waals surface area contributed by atoms with E-state index in [0.29, 0.717) is 12.6 Å². The smallest absolute Gasteiger partial charge is 0.347 e. The first kappa shape index (κ1) is 17.4. The Morgan fingerprint density at radius 1 is 1.24 bits per heavy atom. The molecule has 1 N–H and O–H groups in total.